The maximum absolute atomic E-state index is 12.6. The first-order chi connectivity index (χ1) is 25.8. The standard InChI is InChI=1S/C43H82NO8P/c1-3-5-7-9-11-13-15-17-19-20-22-23-25-27-29-31-33-35-42(45)49-39-41(40-51-53(47,48)50-38-37-44)52-43(46)36-34-32-30-28-26-24-21-18-16-14-12-10-8-6-4-2/h4,17,19,41H,2-3,5-16,18,20-40,44H2,1H3,(H,47,48)/b19-17+/t41-/m1/s1. The number of ether oxygens (including phenoxy) is 2. The van der Waals surface area contributed by atoms with Crippen molar-refractivity contribution in [3.8, 4) is 0 Å². The molecule has 0 fully saturated rings. The first-order valence-electron chi connectivity index (χ1n) is 21.8. The predicted molar refractivity (Wildman–Crippen MR) is 220 cm³/mol. The minimum Gasteiger partial charge on any atom is -0.462 e. The molecule has 0 aromatic carbocycles. The number of hydrogen-bond donors (Lipinski definition) is 2. The SMILES string of the molecule is C=CCCCCCCCCCCCCCCCC(=O)O[C@H](COC(=O)CCCCCCCCC/C=C/CCCCCCCC)COP(=O)(O)OCCN. The third-order valence-corrected chi connectivity index (χ3v) is 10.4. The number of unbranched alkanes of at least 4 members (excludes halogenated alkanes) is 26. The minimum atomic E-state index is -4.37. The molecule has 9 nitrogen and oxygen atoms in total. The molecule has 53 heavy (non-hydrogen) atoms. The predicted octanol–water partition coefficient (Wildman–Crippen LogP) is 12.4. The second kappa shape index (κ2) is 40.2. The fraction of sp³-hybridized carbons (Fsp3) is 0.860. The van der Waals surface area contributed by atoms with Crippen LogP contribution >= 0.6 is 7.82 Å². The van der Waals surface area contributed by atoms with Gasteiger partial charge in [0.2, 0.25) is 0 Å². The summed E-state index contributed by atoms with van der Waals surface area (Å²) in [5, 5.41) is 0. The van der Waals surface area contributed by atoms with E-state index in [0.717, 1.165) is 57.8 Å². The van der Waals surface area contributed by atoms with Gasteiger partial charge in [0, 0.05) is 19.4 Å². The van der Waals surface area contributed by atoms with E-state index in [4.69, 9.17) is 24.3 Å². The van der Waals surface area contributed by atoms with Gasteiger partial charge in [-0.3, -0.25) is 18.6 Å². The molecule has 0 saturated heterocycles. The van der Waals surface area contributed by atoms with Crippen LogP contribution in [0.15, 0.2) is 24.8 Å². The molecule has 3 N–H and O–H groups in total. The van der Waals surface area contributed by atoms with Gasteiger partial charge in [-0.2, -0.15) is 0 Å². The number of phosphoric ester groups is 1. The van der Waals surface area contributed by atoms with E-state index >= 15 is 0 Å². The highest BCUT2D eigenvalue weighted by Crippen LogP contribution is 2.43. The van der Waals surface area contributed by atoms with E-state index in [0.29, 0.717) is 6.42 Å². The van der Waals surface area contributed by atoms with Gasteiger partial charge in [0.05, 0.1) is 13.2 Å². The number of esters is 2. The molecule has 0 bridgehead atoms. The largest absolute Gasteiger partial charge is 0.472 e. The van der Waals surface area contributed by atoms with Crippen LogP contribution in [0.1, 0.15) is 206 Å². The maximum Gasteiger partial charge on any atom is 0.472 e. The molecule has 0 radical (unpaired) electrons. The Morgan fingerprint density at radius 1 is 0.604 bits per heavy atom. The Labute approximate surface area is 325 Å². The van der Waals surface area contributed by atoms with Crippen LogP contribution in [-0.2, 0) is 32.7 Å². The highest BCUT2D eigenvalue weighted by Gasteiger charge is 2.26. The van der Waals surface area contributed by atoms with E-state index in [9.17, 15) is 19.0 Å². The van der Waals surface area contributed by atoms with Crippen LogP contribution in [0.25, 0.3) is 0 Å². The summed E-state index contributed by atoms with van der Waals surface area (Å²) >= 11 is 0. The Balaban J connectivity index is 4.11. The second-order valence-corrected chi connectivity index (χ2v) is 16.1. The summed E-state index contributed by atoms with van der Waals surface area (Å²) in [6, 6.07) is 0. The molecule has 0 aromatic rings. The van der Waals surface area contributed by atoms with Crippen LogP contribution in [0, 0.1) is 0 Å². The zero-order chi connectivity index (χ0) is 38.9. The van der Waals surface area contributed by atoms with Crippen LogP contribution in [0.2, 0.25) is 0 Å². The maximum atomic E-state index is 12.6. The van der Waals surface area contributed by atoms with Crippen molar-refractivity contribution in [1.29, 1.82) is 0 Å². The molecule has 10 heteroatoms. The number of hydrogen-bond acceptors (Lipinski definition) is 8. The van der Waals surface area contributed by atoms with E-state index in [2.05, 4.69) is 25.7 Å². The fourth-order valence-electron chi connectivity index (χ4n) is 6.20. The van der Waals surface area contributed by atoms with Crippen molar-refractivity contribution < 1.29 is 37.6 Å². The van der Waals surface area contributed by atoms with Gasteiger partial charge in [0.1, 0.15) is 6.61 Å². The number of nitrogens with two attached hydrogens (primary N) is 1. The van der Waals surface area contributed by atoms with Gasteiger partial charge in [0.25, 0.3) is 0 Å². The lowest BCUT2D eigenvalue weighted by atomic mass is 10.0. The van der Waals surface area contributed by atoms with E-state index in [-0.39, 0.29) is 38.6 Å². The van der Waals surface area contributed by atoms with Crippen molar-refractivity contribution in [3.63, 3.8) is 0 Å². The van der Waals surface area contributed by atoms with E-state index in [1.807, 2.05) is 6.08 Å². The highest BCUT2D eigenvalue weighted by atomic mass is 31.2. The molecule has 2 atom stereocenters. The Morgan fingerprint density at radius 2 is 1.02 bits per heavy atom. The van der Waals surface area contributed by atoms with Gasteiger partial charge >= 0.3 is 19.8 Å². The number of carbonyl (C=O) groups is 2. The third kappa shape index (κ3) is 40.0. The number of carbonyl (C=O) groups excluding carboxylic acids is 2. The molecule has 1 unspecified atom stereocenters. The first kappa shape index (κ1) is 51.5. The van der Waals surface area contributed by atoms with Crippen LogP contribution < -0.4 is 5.73 Å². The molecule has 0 heterocycles. The molecule has 0 aliphatic carbocycles. The third-order valence-electron chi connectivity index (χ3n) is 9.46. The number of rotatable bonds is 42. The number of allylic oxidation sites excluding steroid dienone is 3. The van der Waals surface area contributed by atoms with Crippen molar-refractivity contribution in [2.24, 2.45) is 5.73 Å². The van der Waals surface area contributed by atoms with Crippen LogP contribution in [0.4, 0.5) is 0 Å². The van der Waals surface area contributed by atoms with Crippen LogP contribution in [-0.4, -0.2) is 49.3 Å². The molecule has 0 rings (SSSR count). The van der Waals surface area contributed by atoms with Gasteiger partial charge in [-0.05, 0) is 51.4 Å². The van der Waals surface area contributed by atoms with Gasteiger partial charge < -0.3 is 20.1 Å². The normalized spacial score (nSPS) is 13.3. The van der Waals surface area contributed by atoms with Crippen molar-refractivity contribution in [2.75, 3.05) is 26.4 Å². The zero-order valence-electron chi connectivity index (χ0n) is 34.1. The Kier molecular flexibility index (Phi) is 39.0. The molecule has 0 aliphatic heterocycles. The summed E-state index contributed by atoms with van der Waals surface area (Å²) in [7, 11) is -4.37. The van der Waals surface area contributed by atoms with Crippen LogP contribution in [0.5, 0.6) is 0 Å². The van der Waals surface area contributed by atoms with Crippen molar-refractivity contribution in [2.45, 2.75) is 212 Å². The van der Waals surface area contributed by atoms with Crippen molar-refractivity contribution in [1.82, 2.24) is 0 Å². The molecule has 0 aliphatic rings. The smallest absolute Gasteiger partial charge is 0.462 e. The molecule has 0 saturated carbocycles. The minimum absolute atomic E-state index is 0.0535. The van der Waals surface area contributed by atoms with Crippen molar-refractivity contribution in [3.05, 3.63) is 24.8 Å². The molecule has 312 valence electrons. The van der Waals surface area contributed by atoms with Gasteiger partial charge in [-0.1, -0.05) is 160 Å². The van der Waals surface area contributed by atoms with Gasteiger partial charge in [-0.15, -0.1) is 6.58 Å². The zero-order valence-corrected chi connectivity index (χ0v) is 35.0. The van der Waals surface area contributed by atoms with Crippen molar-refractivity contribution >= 4 is 19.8 Å². The molecular weight excluding hydrogens is 689 g/mol. The Hall–Kier alpha value is -1.51. The summed E-state index contributed by atoms with van der Waals surface area (Å²) in [4.78, 5) is 34.9. The second-order valence-electron chi connectivity index (χ2n) is 14.6. The average Bonchev–Trinajstić information content (AvgIpc) is 3.14. The van der Waals surface area contributed by atoms with Gasteiger partial charge in [-0.25, -0.2) is 4.57 Å². The molecular formula is C43H82NO8P. The summed E-state index contributed by atoms with van der Waals surface area (Å²) in [5.41, 5.74) is 5.35. The fourth-order valence-corrected chi connectivity index (χ4v) is 6.96. The molecule has 0 aromatic heterocycles. The van der Waals surface area contributed by atoms with E-state index in [1.165, 1.54) is 122 Å². The summed E-state index contributed by atoms with van der Waals surface area (Å²) in [6.45, 7) is 5.26. The monoisotopic (exact) mass is 772 g/mol. The van der Waals surface area contributed by atoms with Crippen LogP contribution in [0.3, 0.4) is 0 Å². The Morgan fingerprint density at radius 3 is 1.47 bits per heavy atom. The summed E-state index contributed by atoms with van der Waals surface area (Å²) in [6.07, 6.45) is 40.9. The average molecular weight is 772 g/mol. The highest BCUT2D eigenvalue weighted by molar-refractivity contribution is 7.47. The van der Waals surface area contributed by atoms with E-state index < -0.39 is 26.5 Å². The van der Waals surface area contributed by atoms with E-state index in [1.54, 1.807) is 0 Å². The van der Waals surface area contributed by atoms with Gasteiger partial charge in [0.15, 0.2) is 6.10 Å². The summed E-state index contributed by atoms with van der Waals surface area (Å²) < 4.78 is 32.8. The lowest BCUT2D eigenvalue weighted by Crippen LogP contribution is -2.29. The topological polar surface area (TPSA) is 134 Å². The molecule has 0 spiro atoms. The lowest BCUT2D eigenvalue weighted by molar-refractivity contribution is -0.161. The number of phosphoric acid groups is 1. The quantitative estimate of drug-likeness (QED) is 0.0269. The molecule has 0 amide bonds. The first-order valence-corrected chi connectivity index (χ1v) is 23.3. The lowest BCUT2D eigenvalue weighted by Gasteiger charge is -2.19. The summed E-state index contributed by atoms with van der Waals surface area (Å²) in [5.74, 6) is -0.830. The Bertz CT molecular complexity index is 915.